The fraction of sp³-hybridized carbons (Fsp3) is 0.120. The third-order valence-corrected chi connectivity index (χ3v) is 6.26. The van der Waals surface area contributed by atoms with Crippen LogP contribution in [0.1, 0.15) is 23.5 Å². The van der Waals surface area contributed by atoms with Gasteiger partial charge in [0.25, 0.3) is 0 Å². The molecule has 1 aliphatic heterocycles. The molecule has 0 amide bonds. The summed E-state index contributed by atoms with van der Waals surface area (Å²) < 4.78 is 7.52. The second-order valence-corrected chi connectivity index (χ2v) is 8.46. The van der Waals surface area contributed by atoms with Crippen LogP contribution < -0.4 is 15.0 Å². The normalized spacial score (nSPS) is 17.8. The van der Waals surface area contributed by atoms with E-state index in [1.807, 2.05) is 65.7 Å². The Morgan fingerprint density at radius 1 is 1.06 bits per heavy atom. The van der Waals surface area contributed by atoms with Crippen LogP contribution in [0.4, 0.5) is 5.69 Å². The van der Waals surface area contributed by atoms with Gasteiger partial charge in [0.1, 0.15) is 17.5 Å². The lowest BCUT2D eigenvalue weighted by Gasteiger charge is -2.29. The molecule has 2 atom stereocenters. The van der Waals surface area contributed by atoms with Gasteiger partial charge in [-0.05, 0) is 66.8 Å². The van der Waals surface area contributed by atoms with Gasteiger partial charge in [-0.25, -0.2) is 0 Å². The van der Waals surface area contributed by atoms with Crippen LogP contribution in [0.5, 0.6) is 11.5 Å². The van der Waals surface area contributed by atoms with E-state index in [4.69, 9.17) is 28.6 Å². The lowest BCUT2D eigenvalue weighted by atomic mass is 10.0. The molecule has 4 aromatic rings. The second-order valence-electron chi connectivity index (χ2n) is 7.63. The van der Waals surface area contributed by atoms with Crippen LogP contribution >= 0.6 is 23.8 Å². The van der Waals surface area contributed by atoms with Crippen molar-refractivity contribution in [3.05, 3.63) is 102 Å². The Morgan fingerprint density at radius 3 is 2.73 bits per heavy atom. The molecule has 0 spiro atoms. The number of aromatic hydroxyl groups is 1. The number of phenolic OH excluding ortho intramolecular Hbond substituents is 1. The Hall–Kier alpha value is -3.55. The number of halogens is 1. The highest BCUT2D eigenvalue weighted by molar-refractivity contribution is 7.80. The van der Waals surface area contributed by atoms with Crippen molar-refractivity contribution >= 4 is 34.6 Å². The minimum atomic E-state index is -0.307. The van der Waals surface area contributed by atoms with Gasteiger partial charge in [-0.1, -0.05) is 23.7 Å². The SMILES string of the molecule is COc1cccc(-n2cccc2C2C(c3ccccn3)NC(=S)N2c2cc(Cl)ccc2O)c1. The van der Waals surface area contributed by atoms with Crippen LogP contribution in [-0.4, -0.2) is 26.9 Å². The molecule has 5 rings (SSSR count). The number of rotatable bonds is 5. The molecule has 0 aliphatic carbocycles. The van der Waals surface area contributed by atoms with Crippen LogP contribution in [0.25, 0.3) is 5.69 Å². The van der Waals surface area contributed by atoms with Crippen molar-refractivity contribution < 1.29 is 9.84 Å². The standard InChI is InChI=1S/C25H21ClN4O2S/c1-32-18-7-4-6-17(15-18)29-13-5-9-20(29)24-23(19-8-2-3-12-27-19)28-25(33)30(24)21-14-16(26)10-11-22(21)31/h2-15,23-24,31H,1H3,(H,28,33). The zero-order valence-corrected chi connectivity index (χ0v) is 19.3. The minimum absolute atomic E-state index is 0.0923. The smallest absolute Gasteiger partial charge is 0.174 e. The van der Waals surface area contributed by atoms with Crippen molar-refractivity contribution in [2.75, 3.05) is 12.0 Å². The number of thiocarbonyl (C=S) groups is 1. The number of phenols is 1. The Kier molecular flexibility index (Phi) is 5.66. The summed E-state index contributed by atoms with van der Waals surface area (Å²) in [7, 11) is 1.65. The molecule has 2 unspecified atom stereocenters. The number of hydrogen-bond donors (Lipinski definition) is 2. The van der Waals surface area contributed by atoms with Gasteiger partial charge in [-0.2, -0.15) is 0 Å². The zero-order valence-electron chi connectivity index (χ0n) is 17.7. The summed E-state index contributed by atoms with van der Waals surface area (Å²) in [5, 5.41) is 15.1. The van der Waals surface area contributed by atoms with E-state index in [1.54, 1.807) is 31.5 Å². The van der Waals surface area contributed by atoms with Crippen molar-refractivity contribution in [2.45, 2.75) is 12.1 Å². The molecular weight excluding hydrogens is 456 g/mol. The Labute approximate surface area is 202 Å². The fourth-order valence-electron chi connectivity index (χ4n) is 4.23. The van der Waals surface area contributed by atoms with Crippen LogP contribution in [0.3, 0.4) is 0 Å². The molecule has 33 heavy (non-hydrogen) atoms. The highest BCUT2D eigenvalue weighted by Crippen LogP contribution is 2.45. The van der Waals surface area contributed by atoms with E-state index in [0.717, 1.165) is 22.8 Å². The van der Waals surface area contributed by atoms with Crippen molar-refractivity contribution in [3.8, 4) is 17.2 Å². The number of pyridine rings is 1. The predicted molar refractivity (Wildman–Crippen MR) is 133 cm³/mol. The molecule has 0 bridgehead atoms. The first-order valence-corrected chi connectivity index (χ1v) is 11.2. The first-order chi connectivity index (χ1) is 16.1. The summed E-state index contributed by atoms with van der Waals surface area (Å²) >= 11 is 12.1. The van der Waals surface area contributed by atoms with Crippen molar-refractivity contribution in [3.63, 3.8) is 0 Å². The van der Waals surface area contributed by atoms with Gasteiger partial charge >= 0.3 is 0 Å². The summed E-state index contributed by atoms with van der Waals surface area (Å²) in [6.45, 7) is 0. The van der Waals surface area contributed by atoms with Gasteiger partial charge in [0, 0.05) is 34.9 Å². The molecule has 1 fully saturated rings. The lowest BCUT2D eigenvalue weighted by Crippen LogP contribution is -2.30. The topological polar surface area (TPSA) is 62.5 Å². The summed E-state index contributed by atoms with van der Waals surface area (Å²) in [5.74, 6) is 0.854. The molecule has 0 radical (unpaired) electrons. The van der Waals surface area contributed by atoms with Crippen LogP contribution in [0, 0.1) is 0 Å². The maximum absolute atomic E-state index is 10.7. The van der Waals surface area contributed by atoms with E-state index in [1.165, 1.54) is 0 Å². The van der Waals surface area contributed by atoms with Crippen molar-refractivity contribution in [1.82, 2.24) is 14.9 Å². The molecule has 3 heterocycles. The minimum Gasteiger partial charge on any atom is -0.506 e. The van der Waals surface area contributed by atoms with E-state index in [2.05, 4.69) is 14.9 Å². The maximum Gasteiger partial charge on any atom is 0.174 e. The average Bonchev–Trinajstić information content (AvgIpc) is 3.45. The van der Waals surface area contributed by atoms with Crippen LogP contribution in [0.2, 0.25) is 5.02 Å². The molecular formula is C25H21ClN4O2S. The van der Waals surface area contributed by atoms with Crippen molar-refractivity contribution in [2.24, 2.45) is 0 Å². The van der Waals surface area contributed by atoms with Gasteiger partial charge < -0.3 is 24.6 Å². The molecule has 8 heteroatoms. The van der Waals surface area contributed by atoms with Gasteiger partial charge in [0.15, 0.2) is 5.11 Å². The zero-order chi connectivity index (χ0) is 22.9. The van der Waals surface area contributed by atoms with Gasteiger partial charge in [0.2, 0.25) is 0 Å². The number of anilines is 1. The number of nitrogens with one attached hydrogen (secondary N) is 1. The second kappa shape index (κ2) is 8.77. The van der Waals surface area contributed by atoms with E-state index in [0.29, 0.717) is 15.8 Å². The number of hydrogen-bond acceptors (Lipinski definition) is 4. The highest BCUT2D eigenvalue weighted by atomic mass is 35.5. The molecule has 166 valence electrons. The molecule has 1 saturated heterocycles. The fourth-order valence-corrected chi connectivity index (χ4v) is 4.74. The van der Waals surface area contributed by atoms with E-state index >= 15 is 0 Å². The summed E-state index contributed by atoms with van der Waals surface area (Å²) in [4.78, 5) is 6.49. The van der Waals surface area contributed by atoms with Gasteiger partial charge in [-0.3, -0.25) is 4.98 Å². The van der Waals surface area contributed by atoms with E-state index < -0.39 is 0 Å². The third-order valence-electron chi connectivity index (χ3n) is 5.71. The summed E-state index contributed by atoms with van der Waals surface area (Å²) in [5.41, 5.74) is 3.28. The predicted octanol–water partition coefficient (Wildman–Crippen LogP) is 5.42. The number of benzene rings is 2. The monoisotopic (exact) mass is 476 g/mol. The molecule has 1 aliphatic rings. The molecule has 2 N–H and O–H groups in total. The molecule has 6 nitrogen and oxygen atoms in total. The largest absolute Gasteiger partial charge is 0.506 e. The Bertz CT molecular complexity index is 1310. The molecule has 2 aromatic heterocycles. The quantitative estimate of drug-likeness (QED) is 0.375. The number of methoxy groups -OCH3 is 1. The average molecular weight is 477 g/mol. The number of ether oxygens (including phenoxy) is 1. The lowest BCUT2D eigenvalue weighted by molar-refractivity contribution is 0.414. The van der Waals surface area contributed by atoms with Crippen LogP contribution in [-0.2, 0) is 0 Å². The first kappa shape index (κ1) is 21.3. The first-order valence-electron chi connectivity index (χ1n) is 10.4. The molecule has 2 aromatic carbocycles. The van der Waals surface area contributed by atoms with Crippen molar-refractivity contribution in [1.29, 1.82) is 0 Å². The maximum atomic E-state index is 10.7. The number of nitrogens with zero attached hydrogens (tertiary/aromatic N) is 3. The summed E-state index contributed by atoms with van der Waals surface area (Å²) in [6, 6.07) is 22.1. The highest BCUT2D eigenvalue weighted by Gasteiger charge is 2.43. The summed E-state index contributed by atoms with van der Waals surface area (Å²) in [6.07, 6.45) is 3.76. The molecule has 0 saturated carbocycles. The number of aromatic nitrogens is 2. The van der Waals surface area contributed by atoms with Crippen LogP contribution in [0.15, 0.2) is 85.2 Å². The van der Waals surface area contributed by atoms with E-state index in [9.17, 15) is 5.11 Å². The Balaban J connectivity index is 1.69. The third kappa shape index (κ3) is 3.90. The van der Waals surface area contributed by atoms with Gasteiger partial charge in [0.05, 0.1) is 24.5 Å². The van der Waals surface area contributed by atoms with Gasteiger partial charge in [-0.15, -0.1) is 0 Å². The Morgan fingerprint density at radius 2 is 1.94 bits per heavy atom. The van der Waals surface area contributed by atoms with E-state index in [-0.39, 0.29) is 17.8 Å².